The van der Waals surface area contributed by atoms with Crippen molar-refractivity contribution < 1.29 is 23.8 Å². The third-order valence-electron chi connectivity index (χ3n) is 2.52. The second-order valence-corrected chi connectivity index (χ2v) is 3.73. The number of carbonyl (C=O) groups is 1. The van der Waals surface area contributed by atoms with Crippen molar-refractivity contribution in [2.75, 3.05) is 13.7 Å². The molecule has 0 aliphatic heterocycles. The lowest BCUT2D eigenvalue weighted by molar-refractivity contribution is -0.153. The minimum absolute atomic E-state index is 0.153. The van der Waals surface area contributed by atoms with Crippen LogP contribution in [0.4, 0.5) is 4.39 Å². The van der Waals surface area contributed by atoms with Gasteiger partial charge in [0.2, 0.25) is 0 Å². The quantitative estimate of drug-likeness (QED) is 0.821. The van der Waals surface area contributed by atoms with Crippen molar-refractivity contribution >= 4 is 5.97 Å². The number of ether oxygens (including phenoxy) is 2. The monoisotopic (exact) mass is 256 g/mol. The standard InChI is InChI=1S/C13H17FO4/c1-4-18-13(16)12(15)9-6-5-7-10(17-3)11(9)8(2)14/h5-8,12,15H,4H2,1-3H3. The molecule has 1 rings (SSSR count). The van der Waals surface area contributed by atoms with Crippen LogP contribution in [0.15, 0.2) is 18.2 Å². The Morgan fingerprint density at radius 2 is 2.17 bits per heavy atom. The third-order valence-corrected chi connectivity index (χ3v) is 2.52. The molecule has 2 unspecified atom stereocenters. The van der Waals surface area contributed by atoms with Gasteiger partial charge in [-0.25, -0.2) is 9.18 Å². The van der Waals surface area contributed by atoms with E-state index in [1.165, 1.54) is 20.1 Å². The van der Waals surface area contributed by atoms with Gasteiger partial charge in [0.15, 0.2) is 6.10 Å². The summed E-state index contributed by atoms with van der Waals surface area (Å²) in [6.45, 7) is 3.11. The number of carbonyl (C=O) groups excluding carboxylic acids is 1. The number of hydrogen-bond acceptors (Lipinski definition) is 4. The maximum atomic E-state index is 13.6. The molecule has 4 nitrogen and oxygen atoms in total. The predicted octanol–water partition coefficient (Wildman–Crippen LogP) is 2.32. The van der Waals surface area contributed by atoms with Crippen molar-refractivity contribution in [1.29, 1.82) is 0 Å². The highest BCUT2D eigenvalue weighted by atomic mass is 19.1. The van der Waals surface area contributed by atoms with Crippen molar-refractivity contribution in [2.45, 2.75) is 26.1 Å². The third kappa shape index (κ3) is 2.98. The second kappa shape index (κ2) is 6.35. The first-order chi connectivity index (χ1) is 8.52. The van der Waals surface area contributed by atoms with Gasteiger partial charge in [0.25, 0.3) is 0 Å². The molecular formula is C13H17FO4. The fourth-order valence-electron chi connectivity index (χ4n) is 1.75. The first kappa shape index (κ1) is 14.4. The van der Waals surface area contributed by atoms with E-state index in [-0.39, 0.29) is 17.7 Å². The highest BCUT2D eigenvalue weighted by Crippen LogP contribution is 2.34. The van der Waals surface area contributed by atoms with E-state index in [0.29, 0.717) is 5.75 Å². The Bertz CT molecular complexity index is 417. The van der Waals surface area contributed by atoms with Gasteiger partial charge in [-0.05, 0) is 19.9 Å². The SMILES string of the molecule is CCOC(=O)C(O)c1cccc(OC)c1C(C)F. The summed E-state index contributed by atoms with van der Waals surface area (Å²) in [5.41, 5.74) is 0.336. The molecule has 0 bridgehead atoms. The van der Waals surface area contributed by atoms with Crippen LogP contribution in [0.1, 0.15) is 37.3 Å². The Hall–Kier alpha value is -1.62. The molecule has 0 aliphatic carbocycles. The molecule has 2 atom stereocenters. The summed E-state index contributed by atoms with van der Waals surface area (Å²) in [6, 6.07) is 4.64. The lowest BCUT2D eigenvalue weighted by Gasteiger charge is -2.18. The van der Waals surface area contributed by atoms with Crippen molar-refractivity contribution in [3.05, 3.63) is 29.3 Å². The van der Waals surface area contributed by atoms with E-state index in [1.807, 2.05) is 0 Å². The number of alkyl halides is 1. The van der Waals surface area contributed by atoms with Crippen molar-refractivity contribution in [3.63, 3.8) is 0 Å². The van der Waals surface area contributed by atoms with Crippen LogP contribution in [0.2, 0.25) is 0 Å². The van der Waals surface area contributed by atoms with Gasteiger partial charge in [0.05, 0.1) is 13.7 Å². The molecule has 0 heterocycles. The van der Waals surface area contributed by atoms with Crippen molar-refractivity contribution in [1.82, 2.24) is 0 Å². The molecule has 0 saturated carbocycles. The first-order valence-corrected chi connectivity index (χ1v) is 5.68. The fraction of sp³-hybridized carbons (Fsp3) is 0.462. The fourth-order valence-corrected chi connectivity index (χ4v) is 1.75. The number of hydrogen-bond donors (Lipinski definition) is 1. The first-order valence-electron chi connectivity index (χ1n) is 5.68. The van der Waals surface area contributed by atoms with Crippen LogP contribution in [0.3, 0.4) is 0 Å². The summed E-state index contributed by atoms with van der Waals surface area (Å²) in [7, 11) is 1.40. The summed E-state index contributed by atoms with van der Waals surface area (Å²) in [4.78, 5) is 11.5. The van der Waals surface area contributed by atoms with E-state index in [9.17, 15) is 14.3 Å². The number of aliphatic hydroxyl groups is 1. The normalized spacial score (nSPS) is 13.8. The molecule has 0 radical (unpaired) electrons. The number of methoxy groups -OCH3 is 1. The molecule has 0 amide bonds. The van der Waals surface area contributed by atoms with Gasteiger partial charge in [-0.3, -0.25) is 0 Å². The Morgan fingerprint density at radius 1 is 1.50 bits per heavy atom. The Kier molecular flexibility index (Phi) is 5.09. The molecule has 1 aromatic carbocycles. The molecule has 0 spiro atoms. The smallest absolute Gasteiger partial charge is 0.339 e. The van der Waals surface area contributed by atoms with Gasteiger partial charge in [0, 0.05) is 11.1 Å². The topological polar surface area (TPSA) is 55.8 Å². The molecule has 0 aromatic heterocycles. The predicted molar refractivity (Wildman–Crippen MR) is 64.1 cm³/mol. The van der Waals surface area contributed by atoms with E-state index in [2.05, 4.69) is 0 Å². The van der Waals surface area contributed by atoms with Gasteiger partial charge >= 0.3 is 5.97 Å². The van der Waals surface area contributed by atoms with Crippen LogP contribution in [-0.2, 0) is 9.53 Å². The second-order valence-electron chi connectivity index (χ2n) is 3.73. The molecule has 100 valence electrons. The van der Waals surface area contributed by atoms with Crippen molar-refractivity contribution in [2.24, 2.45) is 0 Å². The summed E-state index contributed by atoms with van der Waals surface area (Å²) < 4.78 is 23.4. The molecular weight excluding hydrogens is 239 g/mol. The minimum atomic E-state index is -1.51. The Balaban J connectivity index is 3.19. The molecule has 0 fully saturated rings. The number of benzene rings is 1. The van der Waals surface area contributed by atoms with E-state index in [4.69, 9.17) is 9.47 Å². The molecule has 1 aromatic rings. The summed E-state index contributed by atoms with van der Waals surface area (Å²) >= 11 is 0. The van der Waals surface area contributed by atoms with Gasteiger partial charge < -0.3 is 14.6 Å². The Morgan fingerprint density at radius 3 is 2.67 bits per heavy atom. The molecule has 18 heavy (non-hydrogen) atoms. The van der Waals surface area contributed by atoms with E-state index in [1.54, 1.807) is 19.1 Å². The number of esters is 1. The molecule has 0 aliphatic rings. The van der Waals surface area contributed by atoms with Crippen LogP contribution in [-0.4, -0.2) is 24.8 Å². The van der Waals surface area contributed by atoms with E-state index >= 15 is 0 Å². The largest absolute Gasteiger partial charge is 0.496 e. The summed E-state index contributed by atoms with van der Waals surface area (Å²) in [6.07, 6.45) is -2.87. The summed E-state index contributed by atoms with van der Waals surface area (Å²) in [5, 5.41) is 9.87. The lowest BCUT2D eigenvalue weighted by atomic mass is 9.98. The van der Waals surface area contributed by atoms with Gasteiger partial charge in [-0.2, -0.15) is 0 Å². The zero-order chi connectivity index (χ0) is 13.7. The zero-order valence-corrected chi connectivity index (χ0v) is 10.6. The highest BCUT2D eigenvalue weighted by molar-refractivity contribution is 5.77. The van der Waals surface area contributed by atoms with Gasteiger partial charge in [-0.1, -0.05) is 12.1 Å². The molecule has 1 N–H and O–H groups in total. The zero-order valence-electron chi connectivity index (χ0n) is 10.6. The number of aliphatic hydroxyl groups excluding tert-OH is 1. The maximum absolute atomic E-state index is 13.6. The van der Waals surface area contributed by atoms with Crippen molar-refractivity contribution in [3.8, 4) is 5.75 Å². The van der Waals surface area contributed by atoms with Gasteiger partial charge in [0.1, 0.15) is 11.9 Å². The average molecular weight is 256 g/mol. The highest BCUT2D eigenvalue weighted by Gasteiger charge is 2.26. The van der Waals surface area contributed by atoms with Gasteiger partial charge in [-0.15, -0.1) is 0 Å². The number of halogens is 1. The summed E-state index contributed by atoms with van der Waals surface area (Å²) in [5.74, 6) is -0.501. The maximum Gasteiger partial charge on any atom is 0.339 e. The average Bonchev–Trinajstić information content (AvgIpc) is 2.36. The van der Waals surface area contributed by atoms with Crippen LogP contribution in [0, 0.1) is 0 Å². The van der Waals surface area contributed by atoms with E-state index < -0.39 is 18.2 Å². The molecule has 0 saturated heterocycles. The van der Waals surface area contributed by atoms with Crippen LogP contribution < -0.4 is 4.74 Å². The van der Waals surface area contributed by atoms with E-state index in [0.717, 1.165) is 0 Å². The lowest BCUT2D eigenvalue weighted by Crippen LogP contribution is -2.17. The Labute approximate surface area is 105 Å². The van der Waals surface area contributed by atoms with Crippen LogP contribution in [0.25, 0.3) is 0 Å². The number of rotatable bonds is 5. The molecule has 5 heteroatoms. The van der Waals surface area contributed by atoms with Crippen LogP contribution in [0.5, 0.6) is 5.75 Å². The minimum Gasteiger partial charge on any atom is -0.496 e. The van der Waals surface area contributed by atoms with Crippen LogP contribution >= 0.6 is 0 Å².